The van der Waals surface area contributed by atoms with Gasteiger partial charge in [0.1, 0.15) is 0 Å². The van der Waals surface area contributed by atoms with Crippen molar-refractivity contribution in [1.29, 1.82) is 0 Å². The number of aliphatic hydroxyl groups excluding tert-OH is 1. The Morgan fingerprint density at radius 1 is 1.29 bits per heavy atom. The summed E-state index contributed by atoms with van der Waals surface area (Å²) in [4.78, 5) is 0. The predicted octanol–water partition coefficient (Wildman–Crippen LogP) is 2.78. The van der Waals surface area contributed by atoms with Crippen molar-refractivity contribution >= 4 is 0 Å². The third-order valence-corrected chi connectivity index (χ3v) is 3.64. The summed E-state index contributed by atoms with van der Waals surface area (Å²) in [6.07, 6.45) is 0.672. The van der Waals surface area contributed by atoms with Crippen molar-refractivity contribution in [3.63, 3.8) is 0 Å². The van der Waals surface area contributed by atoms with Crippen molar-refractivity contribution in [2.75, 3.05) is 6.61 Å². The highest BCUT2D eigenvalue weighted by Gasteiger charge is 2.42. The molecule has 2 heteroatoms. The van der Waals surface area contributed by atoms with Gasteiger partial charge in [-0.15, -0.1) is 0 Å². The molecule has 0 amide bonds. The molecule has 1 aliphatic rings. The van der Waals surface area contributed by atoms with Gasteiger partial charge in [0.05, 0.1) is 19.3 Å². The topological polar surface area (TPSA) is 29.5 Å². The Morgan fingerprint density at radius 2 is 2.00 bits per heavy atom. The van der Waals surface area contributed by atoms with E-state index in [4.69, 9.17) is 4.74 Å². The third kappa shape index (κ3) is 2.59. The molecule has 1 saturated carbocycles. The number of aliphatic hydroxyl groups is 1. The van der Waals surface area contributed by atoms with Gasteiger partial charge in [-0.3, -0.25) is 0 Å². The molecule has 2 rings (SSSR count). The van der Waals surface area contributed by atoms with Gasteiger partial charge in [0.2, 0.25) is 0 Å². The molecule has 0 spiro atoms. The lowest BCUT2D eigenvalue weighted by atomic mass is 9.66. The number of benzene rings is 1. The summed E-state index contributed by atoms with van der Waals surface area (Å²) in [5, 5.41) is 9.80. The molecule has 0 aliphatic heterocycles. The van der Waals surface area contributed by atoms with Crippen molar-refractivity contribution in [2.24, 2.45) is 11.8 Å². The number of ether oxygens (including phenoxy) is 1. The molecule has 1 aliphatic carbocycles. The molecule has 1 N–H and O–H groups in total. The highest BCUT2D eigenvalue weighted by molar-refractivity contribution is 5.21. The zero-order valence-electron chi connectivity index (χ0n) is 10.3. The quantitative estimate of drug-likeness (QED) is 0.791. The molecule has 0 bridgehead atoms. The molecular formula is C15H20O2. The Hall–Kier alpha value is -1.12. The van der Waals surface area contributed by atoms with Gasteiger partial charge in [0, 0.05) is 5.92 Å². The summed E-state index contributed by atoms with van der Waals surface area (Å²) in [5.41, 5.74) is 2.15. The summed E-state index contributed by atoms with van der Waals surface area (Å²) in [5.74, 6) is 0.664. The maximum atomic E-state index is 9.80. The van der Waals surface area contributed by atoms with E-state index in [1.807, 2.05) is 30.3 Å². The minimum absolute atomic E-state index is 0.233. The van der Waals surface area contributed by atoms with E-state index in [9.17, 15) is 5.11 Å². The number of hydrogen-bond donors (Lipinski definition) is 1. The molecule has 0 radical (unpaired) electrons. The molecule has 1 aromatic carbocycles. The molecule has 0 aromatic heterocycles. The Morgan fingerprint density at radius 3 is 2.65 bits per heavy atom. The molecule has 1 fully saturated rings. The molecule has 3 atom stereocenters. The van der Waals surface area contributed by atoms with Gasteiger partial charge in [0.25, 0.3) is 0 Å². The van der Waals surface area contributed by atoms with Crippen LogP contribution in [0.5, 0.6) is 0 Å². The minimum Gasteiger partial charge on any atom is -0.388 e. The fourth-order valence-electron chi connectivity index (χ4n) is 2.53. The van der Waals surface area contributed by atoms with Gasteiger partial charge in [-0.1, -0.05) is 43.8 Å². The van der Waals surface area contributed by atoms with Gasteiger partial charge in [-0.05, 0) is 23.5 Å². The molecule has 92 valence electrons. The first-order valence-corrected chi connectivity index (χ1v) is 6.22. The standard InChI is InChI=1S/C15H20O2/c1-3-13-11(2)15(16)14(13)10-17-9-12-7-5-4-6-8-12/h4-8,13-16H,2-3,9-10H2,1H3/t13-,14+,15-/m0/s1. The Labute approximate surface area is 103 Å². The highest BCUT2D eigenvalue weighted by Crippen LogP contribution is 2.41. The summed E-state index contributed by atoms with van der Waals surface area (Å²) < 4.78 is 5.67. The van der Waals surface area contributed by atoms with Crippen LogP contribution in [0.15, 0.2) is 42.5 Å². The molecule has 0 heterocycles. The minimum atomic E-state index is -0.365. The van der Waals surface area contributed by atoms with Crippen LogP contribution in [0.3, 0.4) is 0 Å². The SMILES string of the molecule is C=C1[C@H](O)[C@H](COCc2ccccc2)[C@H]1CC. The molecule has 0 saturated heterocycles. The first-order chi connectivity index (χ1) is 8.24. The van der Waals surface area contributed by atoms with Crippen LogP contribution in [0.1, 0.15) is 18.9 Å². The highest BCUT2D eigenvalue weighted by atomic mass is 16.5. The van der Waals surface area contributed by atoms with Crippen molar-refractivity contribution in [1.82, 2.24) is 0 Å². The van der Waals surface area contributed by atoms with Crippen molar-refractivity contribution in [3.8, 4) is 0 Å². The van der Waals surface area contributed by atoms with E-state index in [1.54, 1.807) is 0 Å². The molecule has 0 unspecified atom stereocenters. The zero-order chi connectivity index (χ0) is 12.3. The average Bonchev–Trinajstić information content (AvgIpc) is 2.38. The van der Waals surface area contributed by atoms with E-state index in [0.717, 1.165) is 12.0 Å². The van der Waals surface area contributed by atoms with Crippen LogP contribution in [0, 0.1) is 11.8 Å². The van der Waals surface area contributed by atoms with Crippen LogP contribution < -0.4 is 0 Å². The van der Waals surface area contributed by atoms with E-state index >= 15 is 0 Å². The fraction of sp³-hybridized carbons (Fsp3) is 0.467. The van der Waals surface area contributed by atoms with Crippen molar-refractivity contribution < 1.29 is 9.84 Å². The average molecular weight is 232 g/mol. The molecular weight excluding hydrogens is 212 g/mol. The van der Waals surface area contributed by atoms with Gasteiger partial charge >= 0.3 is 0 Å². The fourth-order valence-corrected chi connectivity index (χ4v) is 2.53. The largest absolute Gasteiger partial charge is 0.388 e. The lowest BCUT2D eigenvalue weighted by Gasteiger charge is -2.43. The van der Waals surface area contributed by atoms with E-state index in [-0.39, 0.29) is 12.0 Å². The smallest absolute Gasteiger partial charge is 0.0806 e. The number of rotatable bonds is 5. The van der Waals surface area contributed by atoms with Crippen molar-refractivity contribution in [3.05, 3.63) is 48.0 Å². The van der Waals surface area contributed by atoms with E-state index in [2.05, 4.69) is 13.5 Å². The van der Waals surface area contributed by atoms with Gasteiger partial charge in [-0.2, -0.15) is 0 Å². The maximum absolute atomic E-state index is 9.80. The zero-order valence-corrected chi connectivity index (χ0v) is 10.3. The van der Waals surface area contributed by atoms with E-state index in [0.29, 0.717) is 19.1 Å². The van der Waals surface area contributed by atoms with Crippen LogP contribution in [0.4, 0.5) is 0 Å². The monoisotopic (exact) mass is 232 g/mol. The second kappa shape index (κ2) is 5.48. The second-order valence-corrected chi connectivity index (χ2v) is 4.70. The molecule has 17 heavy (non-hydrogen) atoms. The Kier molecular flexibility index (Phi) is 3.97. The van der Waals surface area contributed by atoms with E-state index < -0.39 is 0 Å². The predicted molar refractivity (Wildman–Crippen MR) is 68.5 cm³/mol. The first-order valence-electron chi connectivity index (χ1n) is 6.22. The lowest BCUT2D eigenvalue weighted by Crippen LogP contribution is -2.46. The summed E-state index contributed by atoms with van der Waals surface area (Å²) in [6.45, 7) is 7.27. The summed E-state index contributed by atoms with van der Waals surface area (Å²) >= 11 is 0. The van der Waals surface area contributed by atoms with Gasteiger partial charge in [0.15, 0.2) is 0 Å². The van der Waals surface area contributed by atoms with Crippen LogP contribution in [-0.2, 0) is 11.3 Å². The van der Waals surface area contributed by atoms with E-state index in [1.165, 1.54) is 5.56 Å². The van der Waals surface area contributed by atoms with Gasteiger partial charge < -0.3 is 9.84 Å². The third-order valence-electron chi connectivity index (χ3n) is 3.64. The molecule has 1 aromatic rings. The maximum Gasteiger partial charge on any atom is 0.0806 e. The normalized spacial score (nSPS) is 27.9. The van der Waals surface area contributed by atoms with Crippen LogP contribution >= 0.6 is 0 Å². The first kappa shape index (κ1) is 12.3. The van der Waals surface area contributed by atoms with Crippen molar-refractivity contribution in [2.45, 2.75) is 26.1 Å². The molecule has 2 nitrogen and oxygen atoms in total. The summed E-state index contributed by atoms with van der Waals surface area (Å²) in [7, 11) is 0. The van der Waals surface area contributed by atoms with Crippen LogP contribution in [0.25, 0.3) is 0 Å². The Bertz CT molecular complexity index is 372. The van der Waals surface area contributed by atoms with Gasteiger partial charge in [-0.25, -0.2) is 0 Å². The van der Waals surface area contributed by atoms with Crippen LogP contribution in [0.2, 0.25) is 0 Å². The Balaban J connectivity index is 1.78. The summed E-state index contributed by atoms with van der Waals surface area (Å²) in [6, 6.07) is 10.1. The second-order valence-electron chi connectivity index (χ2n) is 4.70. The number of hydrogen-bond acceptors (Lipinski definition) is 2. The lowest BCUT2D eigenvalue weighted by molar-refractivity contribution is -0.0317. The van der Waals surface area contributed by atoms with Crippen LogP contribution in [-0.4, -0.2) is 17.8 Å².